The lowest BCUT2D eigenvalue weighted by atomic mass is 10.1. The summed E-state index contributed by atoms with van der Waals surface area (Å²) in [4.78, 5) is 47.5. The third kappa shape index (κ3) is 5.21. The van der Waals surface area contributed by atoms with Crippen LogP contribution in [0.5, 0.6) is 0 Å². The second kappa shape index (κ2) is 11.5. The van der Waals surface area contributed by atoms with Gasteiger partial charge in [0.25, 0.3) is 17.0 Å². The number of fused-ring (bicyclic) bond motifs is 1. The largest absolute Gasteiger partial charge is 0.369 e. The molecule has 11 heteroatoms. The van der Waals surface area contributed by atoms with Crippen LogP contribution in [0.25, 0.3) is 17.4 Å². The predicted molar refractivity (Wildman–Crippen MR) is 176 cm³/mol. The van der Waals surface area contributed by atoms with Crippen LogP contribution < -0.4 is 21.3 Å². The molecule has 0 unspecified atom stereocenters. The number of para-hydroxylation sites is 1. The zero-order chi connectivity index (χ0) is 30.2. The summed E-state index contributed by atoms with van der Waals surface area (Å²) in [6, 6.07) is 22.9. The van der Waals surface area contributed by atoms with Crippen molar-refractivity contribution in [2.75, 3.05) is 16.8 Å². The van der Waals surface area contributed by atoms with E-state index in [0.717, 1.165) is 29.3 Å². The van der Waals surface area contributed by atoms with E-state index in [-0.39, 0.29) is 31.6 Å². The van der Waals surface area contributed by atoms with E-state index in [1.807, 2.05) is 73.7 Å². The van der Waals surface area contributed by atoms with Gasteiger partial charge in [-0.1, -0.05) is 78.6 Å². The minimum atomic E-state index is -0.468. The van der Waals surface area contributed by atoms with Crippen LogP contribution >= 0.6 is 24.0 Å². The lowest BCUT2D eigenvalue weighted by Crippen LogP contribution is -2.33. The zero-order valence-electron chi connectivity index (χ0n) is 23.8. The van der Waals surface area contributed by atoms with Crippen LogP contribution in [-0.2, 0) is 18.3 Å². The first kappa shape index (κ1) is 28.4. The highest BCUT2D eigenvalue weighted by Crippen LogP contribution is 2.36. The smallest absolute Gasteiger partial charge is 0.296 e. The molecule has 0 atom stereocenters. The normalized spacial score (nSPS) is 14.3. The summed E-state index contributed by atoms with van der Waals surface area (Å²) in [6.07, 6.45) is 3.97. The van der Waals surface area contributed by atoms with Crippen molar-refractivity contribution in [3.05, 3.63) is 127 Å². The van der Waals surface area contributed by atoms with Gasteiger partial charge < -0.3 is 5.32 Å². The maximum absolute atomic E-state index is 13.9. The van der Waals surface area contributed by atoms with E-state index in [0.29, 0.717) is 29.4 Å². The van der Waals surface area contributed by atoms with Crippen LogP contribution in [0.3, 0.4) is 0 Å². The molecule has 1 saturated heterocycles. The van der Waals surface area contributed by atoms with Gasteiger partial charge in [-0.3, -0.25) is 28.4 Å². The van der Waals surface area contributed by atoms with E-state index in [1.54, 1.807) is 30.9 Å². The third-order valence-electron chi connectivity index (χ3n) is 7.37. The average Bonchev–Trinajstić information content (AvgIpc) is 3.40. The van der Waals surface area contributed by atoms with Crippen LogP contribution in [0.2, 0.25) is 0 Å². The number of nitrogens with one attached hydrogen (secondary N) is 1. The van der Waals surface area contributed by atoms with Gasteiger partial charge in [-0.25, -0.2) is 9.67 Å². The van der Waals surface area contributed by atoms with Crippen molar-refractivity contribution >= 4 is 57.4 Å². The maximum atomic E-state index is 13.9. The van der Waals surface area contributed by atoms with Gasteiger partial charge in [-0.15, -0.1) is 0 Å². The fraction of sp³-hybridized carbons (Fsp3) is 0.156. The van der Waals surface area contributed by atoms with Crippen molar-refractivity contribution in [2.45, 2.75) is 20.3 Å². The lowest BCUT2D eigenvalue weighted by Gasteiger charge is -2.13. The highest BCUT2D eigenvalue weighted by molar-refractivity contribution is 8.27. The van der Waals surface area contributed by atoms with Crippen LogP contribution in [0.15, 0.2) is 93.5 Å². The quantitative estimate of drug-likeness (QED) is 0.208. The average molecular weight is 609 g/mol. The number of anilines is 2. The number of amides is 1. The number of aromatic nitrogens is 4. The number of carbonyl (C=O) groups excluding carboxylic acids is 1. The van der Waals surface area contributed by atoms with Gasteiger partial charge >= 0.3 is 0 Å². The molecule has 0 radical (unpaired) electrons. The standard InChI is InChI=1S/C32H28N6O3S2/c1-20-14-15-26-34-28(33-17-16-22-10-6-4-7-11-22)24(29(39)36(26)19-20)18-25-30(40)37(32(42)43-25)27-21(2)35(3)38(31(27)41)23-12-8-5-9-13-23/h4-15,18-19,33H,16-17H2,1-3H3/b25-18+. The number of aryl methyl sites for hydroxylation is 1. The molecule has 0 spiro atoms. The summed E-state index contributed by atoms with van der Waals surface area (Å²) in [5.41, 5.74) is 3.52. The molecule has 0 saturated carbocycles. The minimum Gasteiger partial charge on any atom is -0.369 e. The topological polar surface area (TPSA) is 93.6 Å². The summed E-state index contributed by atoms with van der Waals surface area (Å²) in [7, 11) is 1.76. The highest BCUT2D eigenvalue weighted by Gasteiger charge is 2.38. The third-order valence-corrected chi connectivity index (χ3v) is 8.67. The second-order valence-electron chi connectivity index (χ2n) is 10.2. The first-order valence-electron chi connectivity index (χ1n) is 13.7. The van der Waals surface area contributed by atoms with Gasteiger partial charge in [0.2, 0.25) is 0 Å². The summed E-state index contributed by atoms with van der Waals surface area (Å²) in [5.74, 6) is -0.0950. The van der Waals surface area contributed by atoms with E-state index >= 15 is 0 Å². The Morgan fingerprint density at radius 3 is 2.35 bits per heavy atom. The maximum Gasteiger partial charge on any atom is 0.296 e. The van der Waals surface area contributed by atoms with Crippen molar-refractivity contribution in [1.29, 1.82) is 0 Å². The highest BCUT2D eigenvalue weighted by atomic mass is 32.2. The number of thiocarbonyl (C=S) groups is 1. The molecular weight excluding hydrogens is 581 g/mol. The fourth-order valence-electron chi connectivity index (χ4n) is 5.10. The molecule has 1 aliphatic heterocycles. The Hall–Kier alpha value is -4.74. The van der Waals surface area contributed by atoms with E-state index in [4.69, 9.17) is 17.2 Å². The van der Waals surface area contributed by atoms with E-state index in [9.17, 15) is 14.4 Å². The molecule has 1 N–H and O–H groups in total. The molecule has 6 rings (SSSR count). The second-order valence-corrected chi connectivity index (χ2v) is 11.9. The molecule has 4 heterocycles. The molecule has 1 fully saturated rings. The van der Waals surface area contributed by atoms with Gasteiger partial charge in [0, 0.05) is 19.8 Å². The summed E-state index contributed by atoms with van der Waals surface area (Å²) in [5, 5.41) is 3.31. The fourth-order valence-corrected chi connectivity index (χ4v) is 6.35. The minimum absolute atomic E-state index is 0.183. The summed E-state index contributed by atoms with van der Waals surface area (Å²) < 4.78 is 4.89. The summed E-state index contributed by atoms with van der Waals surface area (Å²) in [6.45, 7) is 4.20. The van der Waals surface area contributed by atoms with Gasteiger partial charge in [0.05, 0.1) is 21.8 Å². The Bertz CT molecular complexity index is 2050. The number of hydrogen-bond donors (Lipinski definition) is 1. The molecule has 0 aliphatic carbocycles. The number of rotatable bonds is 7. The number of hydrogen-bond acceptors (Lipinski definition) is 7. The van der Waals surface area contributed by atoms with E-state index in [1.165, 1.54) is 20.1 Å². The Labute approximate surface area is 257 Å². The van der Waals surface area contributed by atoms with Crippen molar-refractivity contribution in [2.24, 2.45) is 7.05 Å². The van der Waals surface area contributed by atoms with Gasteiger partial charge in [-0.2, -0.15) is 0 Å². The SMILES string of the molecule is Cc1ccc2nc(NCCc3ccccc3)c(/C=C3/SC(=S)N(c4c(C)n(C)n(-c5ccccc5)c4=O)C3=O)c(=O)n2c1. The van der Waals surface area contributed by atoms with Gasteiger partial charge in [0.15, 0.2) is 4.32 Å². The lowest BCUT2D eigenvalue weighted by molar-refractivity contribution is -0.113. The van der Waals surface area contributed by atoms with Crippen molar-refractivity contribution in [3.8, 4) is 5.69 Å². The Kier molecular flexibility index (Phi) is 7.59. The van der Waals surface area contributed by atoms with Crippen molar-refractivity contribution in [3.63, 3.8) is 0 Å². The van der Waals surface area contributed by atoms with Gasteiger partial charge in [-0.05, 0) is 55.7 Å². The Balaban J connectivity index is 1.40. The van der Waals surface area contributed by atoms with Crippen LogP contribution in [-0.4, -0.2) is 35.5 Å². The monoisotopic (exact) mass is 608 g/mol. The Morgan fingerprint density at radius 2 is 1.63 bits per heavy atom. The number of thioether (sulfide) groups is 1. The first-order valence-corrected chi connectivity index (χ1v) is 14.9. The number of benzene rings is 2. The number of pyridine rings is 1. The molecule has 1 amide bonds. The van der Waals surface area contributed by atoms with Crippen LogP contribution in [0.4, 0.5) is 11.5 Å². The van der Waals surface area contributed by atoms with Crippen molar-refractivity contribution < 1.29 is 4.79 Å². The van der Waals surface area contributed by atoms with Gasteiger partial charge in [0.1, 0.15) is 17.2 Å². The molecular formula is C32H28N6O3S2. The van der Waals surface area contributed by atoms with E-state index in [2.05, 4.69) is 5.32 Å². The van der Waals surface area contributed by atoms with Crippen LogP contribution in [0.1, 0.15) is 22.4 Å². The number of carbonyl (C=O) groups is 1. The molecule has 1 aliphatic rings. The first-order chi connectivity index (χ1) is 20.7. The molecule has 0 bridgehead atoms. The molecule has 2 aromatic carbocycles. The molecule has 216 valence electrons. The van der Waals surface area contributed by atoms with Crippen molar-refractivity contribution in [1.82, 2.24) is 18.7 Å². The predicted octanol–water partition coefficient (Wildman–Crippen LogP) is 4.86. The molecule has 5 aromatic rings. The number of nitrogens with zero attached hydrogens (tertiary/aromatic N) is 5. The summed E-state index contributed by atoms with van der Waals surface area (Å²) >= 11 is 6.67. The Morgan fingerprint density at radius 1 is 0.930 bits per heavy atom. The molecule has 3 aromatic heterocycles. The van der Waals surface area contributed by atoms with E-state index < -0.39 is 5.91 Å². The van der Waals surface area contributed by atoms with Crippen LogP contribution in [0, 0.1) is 13.8 Å². The zero-order valence-corrected chi connectivity index (χ0v) is 25.4. The molecule has 9 nitrogen and oxygen atoms in total. The molecule has 43 heavy (non-hydrogen) atoms.